The minimum atomic E-state index is 0.310. The first-order valence-corrected chi connectivity index (χ1v) is 6.76. The molecule has 0 spiro atoms. The van der Waals surface area contributed by atoms with Gasteiger partial charge in [0.25, 0.3) is 0 Å². The van der Waals surface area contributed by atoms with Crippen molar-refractivity contribution in [1.29, 1.82) is 0 Å². The molecule has 1 N–H and O–H groups in total. The highest BCUT2D eigenvalue weighted by Gasteiger charge is 2.13. The molecular formula is C13H26N4O. The van der Waals surface area contributed by atoms with Crippen molar-refractivity contribution in [3.8, 4) is 0 Å². The predicted molar refractivity (Wildman–Crippen MR) is 72.5 cm³/mol. The van der Waals surface area contributed by atoms with Gasteiger partial charge >= 0.3 is 0 Å². The summed E-state index contributed by atoms with van der Waals surface area (Å²) >= 11 is 0. The summed E-state index contributed by atoms with van der Waals surface area (Å²) in [6, 6.07) is 0.310. The molecule has 0 fully saturated rings. The van der Waals surface area contributed by atoms with Gasteiger partial charge in [-0.2, -0.15) is 5.10 Å². The molecule has 5 nitrogen and oxygen atoms in total. The summed E-state index contributed by atoms with van der Waals surface area (Å²) in [4.78, 5) is 4.36. The molecule has 1 unspecified atom stereocenters. The van der Waals surface area contributed by atoms with Crippen LogP contribution in [0.15, 0.2) is 6.33 Å². The van der Waals surface area contributed by atoms with Crippen LogP contribution in [0.1, 0.15) is 33.0 Å². The predicted octanol–water partition coefficient (Wildman–Crippen LogP) is 1.49. The van der Waals surface area contributed by atoms with Crippen LogP contribution in [0.3, 0.4) is 0 Å². The number of methoxy groups -OCH3 is 1. The molecule has 0 saturated carbocycles. The van der Waals surface area contributed by atoms with E-state index in [9.17, 15) is 0 Å². The van der Waals surface area contributed by atoms with Crippen LogP contribution < -0.4 is 5.32 Å². The van der Waals surface area contributed by atoms with E-state index in [-0.39, 0.29) is 0 Å². The van der Waals surface area contributed by atoms with Gasteiger partial charge in [-0.25, -0.2) is 9.67 Å². The molecule has 18 heavy (non-hydrogen) atoms. The van der Waals surface area contributed by atoms with Gasteiger partial charge in [0, 0.05) is 26.1 Å². The van der Waals surface area contributed by atoms with Crippen LogP contribution in [0.5, 0.6) is 0 Å². The third-order valence-electron chi connectivity index (χ3n) is 2.71. The molecule has 1 atom stereocenters. The fraction of sp³-hybridized carbons (Fsp3) is 0.846. The average Bonchev–Trinajstić information content (AvgIpc) is 2.73. The van der Waals surface area contributed by atoms with Gasteiger partial charge in [0.2, 0.25) is 0 Å². The van der Waals surface area contributed by atoms with Gasteiger partial charge in [-0.05, 0) is 18.9 Å². The van der Waals surface area contributed by atoms with Crippen molar-refractivity contribution in [1.82, 2.24) is 20.1 Å². The van der Waals surface area contributed by atoms with Gasteiger partial charge in [0.05, 0.1) is 6.61 Å². The summed E-state index contributed by atoms with van der Waals surface area (Å²) in [7, 11) is 1.74. The zero-order valence-corrected chi connectivity index (χ0v) is 12.0. The monoisotopic (exact) mass is 254 g/mol. The molecule has 1 heterocycles. The Balaban J connectivity index is 2.59. The molecule has 104 valence electrons. The van der Waals surface area contributed by atoms with Gasteiger partial charge in [0.1, 0.15) is 12.2 Å². The lowest BCUT2D eigenvalue weighted by molar-refractivity contribution is 0.164. The molecule has 1 aromatic heterocycles. The lowest BCUT2D eigenvalue weighted by Crippen LogP contribution is -2.36. The fourth-order valence-electron chi connectivity index (χ4n) is 1.90. The molecule has 0 aliphatic rings. The SMILES string of the molecule is CCCNC(COC)Cc1ncnn1CC(C)C. The number of nitrogens with zero attached hydrogens (tertiary/aromatic N) is 3. The molecule has 0 radical (unpaired) electrons. The molecule has 0 aromatic carbocycles. The highest BCUT2D eigenvalue weighted by molar-refractivity contribution is 4.90. The zero-order valence-electron chi connectivity index (χ0n) is 12.0. The normalized spacial score (nSPS) is 13.2. The lowest BCUT2D eigenvalue weighted by Gasteiger charge is -2.18. The molecule has 5 heteroatoms. The molecular weight excluding hydrogens is 228 g/mol. The Labute approximate surface area is 110 Å². The number of rotatable bonds is 9. The molecule has 0 bridgehead atoms. The average molecular weight is 254 g/mol. The van der Waals surface area contributed by atoms with Crippen LogP contribution in [0.25, 0.3) is 0 Å². The second kappa shape index (κ2) is 8.21. The van der Waals surface area contributed by atoms with E-state index in [1.54, 1.807) is 13.4 Å². The van der Waals surface area contributed by atoms with Crippen LogP contribution in [-0.4, -0.2) is 41.1 Å². The number of hydrogen-bond donors (Lipinski definition) is 1. The minimum absolute atomic E-state index is 0.310. The molecule has 0 aliphatic carbocycles. The number of ether oxygens (including phenoxy) is 1. The summed E-state index contributed by atoms with van der Waals surface area (Å²) in [6.45, 7) is 9.17. The zero-order chi connectivity index (χ0) is 13.4. The third-order valence-corrected chi connectivity index (χ3v) is 2.71. The first kappa shape index (κ1) is 15.1. The second-order valence-corrected chi connectivity index (χ2v) is 5.06. The fourth-order valence-corrected chi connectivity index (χ4v) is 1.90. The third kappa shape index (κ3) is 5.14. The summed E-state index contributed by atoms with van der Waals surface area (Å²) in [6.07, 6.45) is 3.63. The summed E-state index contributed by atoms with van der Waals surface area (Å²) in [5.74, 6) is 1.62. The first-order valence-electron chi connectivity index (χ1n) is 6.76. The van der Waals surface area contributed by atoms with Crippen LogP contribution >= 0.6 is 0 Å². The maximum Gasteiger partial charge on any atom is 0.138 e. The number of aromatic nitrogens is 3. The van der Waals surface area contributed by atoms with Crippen molar-refractivity contribution in [2.75, 3.05) is 20.3 Å². The van der Waals surface area contributed by atoms with E-state index in [2.05, 4.69) is 36.2 Å². The number of hydrogen-bond acceptors (Lipinski definition) is 4. The Morgan fingerprint density at radius 2 is 2.22 bits per heavy atom. The molecule has 0 aliphatic heterocycles. The Bertz CT molecular complexity index is 325. The summed E-state index contributed by atoms with van der Waals surface area (Å²) < 4.78 is 7.25. The summed E-state index contributed by atoms with van der Waals surface area (Å²) in [5.41, 5.74) is 0. The van der Waals surface area contributed by atoms with Crippen molar-refractivity contribution >= 4 is 0 Å². The Morgan fingerprint density at radius 3 is 2.83 bits per heavy atom. The van der Waals surface area contributed by atoms with Gasteiger partial charge < -0.3 is 10.1 Å². The highest BCUT2D eigenvalue weighted by atomic mass is 16.5. The minimum Gasteiger partial charge on any atom is -0.383 e. The van der Waals surface area contributed by atoms with Crippen molar-refractivity contribution in [2.24, 2.45) is 5.92 Å². The molecule has 1 aromatic rings. The van der Waals surface area contributed by atoms with Crippen molar-refractivity contribution < 1.29 is 4.74 Å². The lowest BCUT2D eigenvalue weighted by atomic mass is 10.2. The molecule has 0 saturated heterocycles. The van der Waals surface area contributed by atoms with E-state index >= 15 is 0 Å². The van der Waals surface area contributed by atoms with Crippen LogP contribution in [0.4, 0.5) is 0 Å². The van der Waals surface area contributed by atoms with Gasteiger partial charge in [-0.3, -0.25) is 0 Å². The van der Waals surface area contributed by atoms with Crippen LogP contribution in [0, 0.1) is 5.92 Å². The molecule has 1 rings (SSSR count). The smallest absolute Gasteiger partial charge is 0.138 e. The van der Waals surface area contributed by atoms with Gasteiger partial charge in [-0.15, -0.1) is 0 Å². The Morgan fingerprint density at radius 1 is 1.44 bits per heavy atom. The van der Waals surface area contributed by atoms with E-state index in [4.69, 9.17) is 4.74 Å². The van der Waals surface area contributed by atoms with E-state index < -0.39 is 0 Å². The largest absolute Gasteiger partial charge is 0.383 e. The second-order valence-electron chi connectivity index (χ2n) is 5.06. The van der Waals surface area contributed by atoms with E-state index in [0.717, 1.165) is 31.8 Å². The quantitative estimate of drug-likeness (QED) is 0.725. The molecule has 0 amide bonds. The van der Waals surface area contributed by atoms with Gasteiger partial charge in [-0.1, -0.05) is 20.8 Å². The van der Waals surface area contributed by atoms with Gasteiger partial charge in [0.15, 0.2) is 0 Å². The summed E-state index contributed by atoms with van der Waals surface area (Å²) in [5, 5.41) is 7.77. The van der Waals surface area contributed by atoms with Crippen molar-refractivity contribution in [3.05, 3.63) is 12.2 Å². The Kier molecular flexibility index (Phi) is 6.90. The van der Waals surface area contributed by atoms with E-state index in [1.165, 1.54) is 0 Å². The van der Waals surface area contributed by atoms with E-state index in [0.29, 0.717) is 18.6 Å². The number of nitrogens with one attached hydrogen (secondary N) is 1. The van der Waals surface area contributed by atoms with E-state index in [1.807, 2.05) is 4.68 Å². The standard InChI is InChI=1S/C13H26N4O/c1-5-6-14-12(9-18-4)7-13-15-10-16-17(13)8-11(2)3/h10-12,14H,5-9H2,1-4H3. The van der Waals surface area contributed by atoms with Crippen molar-refractivity contribution in [3.63, 3.8) is 0 Å². The maximum absolute atomic E-state index is 5.25. The van der Waals surface area contributed by atoms with Crippen LogP contribution in [-0.2, 0) is 17.7 Å². The topological polar surface area (TPSA) is 52.0 Å². The maximum atomic E-state index is 5.25. The van der Waals surface area contributed by atoms with Crippen molar-refractivity contribution in [2.45, 2.75) is 46.2 Å². The Hall–Kier alpha value is -0.940. The van der Waals surface area contributed by atoms with Crippen LogP contribution in [0.2, 0.25) is 0 Å². The highest BCUT2D eigenvalue weighted by Crippen LogP contribution is 2.04. The first-order chi connectivity index (χ1) is 8.67.